The van der Waals surface area contributed by atoms with Gasteiger partial charge in [-0.1, -0.05) is 0 Å². The Bertz CT molecular complexity index is 577. The molecule has 1 amide bonds. The quantitative estimate of drug-likeness (QED) is 0.799. The number of rotatable bonds is 7. The normalized spacial score (nSPS) is 12.1. The molecule has 0 bridgehead atoms. The van der Waals surface area contributed by atoms with Gasteiger partial charge in [-0.3, -0.25) is 4.79 Å². The van der Waals surface area contributed by atoms with E-state index in [4.69, 9.17) is 0 Å². The van der Waals surface area contributed by atoms with Gasteiger partial charge in [-0.15, -0.1) is 11.3 Å². The van der Waals surface area contributed by atoms with Crippen LogP contribution in [0.1, 0.15) is 12.1 Å². The molecule has 2 heterocycles. The highest BCUT2D eigenvalue weighted by molar-refractivity contribution is 7.98. The van der Waals surface area contributed by atoms with E-state index in [9.17, 15) is 9.90 Å². The topological polar surface area (TPSA) is 88.0 Å². The molecule has 1 unspecified atom stereocenters. The van der Waals surface area contributed by atoms with Crippen molar-refractivity contribution in [3.8, 4) is 10.8 Å². The number of amides is 1. The minimum absolute atomic E-state index is 0.290. The highest BCUT2D eigenvalue weighted by Gasteiger charge is 2.14. The van der Waals surface area contributed by atoms with Crippen LogP contribution < -0.4 is 5.32 Å². The van der Waals surface area contributed by atoms with Gasteiger partial charge in [0.25, 0.3) is 0 Å². The minimum Gasteiger partial charge on any atom is -0.383 e. The van der Waals surface area contributed by atoms with Crippen molar-refractivity contribution in [3.63, 3.8) is 0 Å². The van der Waals surface area contributed by atoms with E-state index in [2.05, 4.69) is 20.3 Å². The second-order valence-corrected chi connectivity index (χ2v) is 6.08. The molecule has 2 N–H and O–H groups in total. The van der Waals surface area contributed by atoms with Gasteiger partial charge in [0.1, 0.15) is 6.10 Å². The lowest BCUT2D eigenvalue weighted by Gasteiger charge is -2.09. The lowest BCUT2D eigenvalue weighted by atomic mass is 10.2. The molecule has 0 saturated carbocycles. The van der Waals surface area contributed by atoms with Crippen LogP contribution in [0.15, 0.2) is 23.8 Å². The van der Waals surface area contributed by atoms with E-state index in [0.717, 1.165) is 11.4 Å². The molecular weight excluding hydrogens is 308 g/mol. The predicted molar refractivity (Wildman–Crippen MR) is 84.0 cm³/mol. The number of thioether (sulfide) groups is 1. The van der Waals surface area contributed by atoms with Crippen molar-refractivity contribution in [2.45, 2.75) is 19.1 Å². The molecule has 0 fully saturated rings. The molecule has 112 valence electrons. The maximum absolute atomic E-state index is 11.7. The van der Waals surface area contributed by atoms with E-state index in [0.29, 0.717) is 23.8 Å². The summed E-state index contributed by atoms with van der Waals surface area (Å²) in [6.07, 6.45) is 4.74. The first kappa shape index (κ1) is 15.9. The molecule has 1 atom stereocenters. The number of hydrogen-bond donors (Lipinski definition) is 2. The molecule has 2 aromatic heterocycles. The number of thiazole rings is 1. The van der Waals surface area contributed by atoms with Crippen molar-refractivity contribution in [2.24, 2.45) is 0 Å². The highest BCUT2D eigenvalue weighted by Crippen LogP contribution is 2.19. The number of hydrogen-bond acceptors (Lipinski definition) is 7. The molecule has 8 heteroatoms. The Morgan fingerprint density at radius 2 is 2.24 bits per heavy atom. The van der Waals surface area contributed by atoms with Crippen LogP contribution >= 0.6 is 23.1 Å². The largest absolute Gasteiger partial charge is 0.383 e. The van der Waals surface area contributed by atoms with E-state index in [-0.39, 0.29) is 5.91 Å². The van der Waals surface area contributed by atoms with Gasteiger partial charge in [-0.2, -0.15) is 11.8 Å². The number of aliphatic hydroxyl groups is 1. The summed E-state index contributed by atoms with van der Waals surface area (Å²) < 4.78 is 0. The van der Waals surface area contributed by atoms with Crippen molar-refractivity contribution in [3.05, 3.63) is 29.5 Å². The summed E-state index contributed by atoms with van der Waals surface area (Å²) in [5.74, 6) is 0.954. The van der Waals surface area contributed by atoms with Crippen molar-refractivity contribution < 1.29 is 9.90 Å². The molecule has 21 heavy (non-hydrogen) atoms. The summed E-state index contributed by atoms with van der Waals surface area (Å²) in [5, 5.41) is 14.9. The van der Waals surface area contributed by atoms with Gasteiger partial charge in [0.2, 0.25) is 5.91 Å². The Morgan fingerprint density at radius 3 is 2.95 bits per heavy atom. The maximum Gasteiger partial charge on any atom is 0.249 e. The third-order valence-corrected chi connectivity index (χ3v) is 4.18. The van der Waals surface area contributed by atoms with Crippen molar-refractivity contribution >= 4 is 29.0 Å². The Kier molecular flexibility index (Phi) is 6.09. The SMILES string of the molecule is CSCCC(O)C(=O)NCc1csc(-c2ncccn2)n1. The van der Waals surface area contributed by atoms with Gasteiger partial charge in [0, 0.05) is 17.8 Å². The number of nitrogens with zero attached hydrogens (tertiary/aromatic N) is 3. The minimum atomic E-state index is -0.965. The molecule has 2 aromatic rings. The fraction of sp³-hybridized carbons (Fsp3) is 0.385. The van der Waals surface area contributed by atoms with E-state index in [1.165, 1.54) is 11.3 Å². The summed E-state index contributed by atoms with van der Waals surface area (Å²) in [7, 11) is 0. The smallest absolute Gasteiger partial charge is 0.249 e. The van der Waals surface area contributed by atoms with Gasteiger partial charge in [0.05, 0.1) is 12.2 Å². The van der Waals surface area contributed by atoms with Crippen LogP contribution in [0.3, 0.4) is 0 Å². The van der Waals surface area contributed by atoms with Crippen LogP contribution in [0.25, 0.3) is 10.8 Å². The lowest BCUT2D eigenvalue weighted by molar-refractivity contribution is -0.129. The summed E-state index contributed by atoms with van der Waals surface area (Å²) in [6, 6.07) is 1.74. The first-order valence-corrected chi connectivity index (χ1v) is 8.64. The zero-order valence-corrected chi connectivity index (χ0v) is 13.2. The van der Waals surface area contributed by atoms with Crippen LogP contribution in [-0.2, 0) is 11.3 Å². The van der Waals surface area contributed by atoms with Gasteiger partial charge >= 0.3 is 0 Å². The van der Waals surface area contributed by atoms with E-state index < -0.39 is 6.10 Å². The lowest BCUT2D eigenvalue weighted by Crippen LogP contribution is -2.34. The second-order valence-electron chi connectivity index (χ2n) is 4.23. The van der Waals surface area contributed by atoms with Crippen LogP contribution in [0.5, 0.6) is 0 Å². The molecule has 0 aliphatic carbocycles. The highest BCUT2D eigenvalue weighted by atomic mass is 32.2. The zero-order chi connectivity index (χ0) is 15.1. The summed E-state index contributed by atoms with van der Waals surface area (Å²) in [4.78, 5) is 24.3. The molecule has 0 aliphatic rings. The summed E-state index contributed by atoms with van der Waals surface area (Å²) in [6.45, 7) is 0.290. The first-order valence-electron chi connectivity index (χ1n) is 6.37. The number of aromatic nitrogens is 3. The molecule has 0 spiro atoms. The number of carbonyl (C=O) groups is 1. The van der Waals surface area contributed by atoms with E-state index in [1.54, 1.807) is 30.2 Å². The summed E-state index contributed by atoms with van der Waals surface area (Å²) in [5.41, 5.74) is 0.730. The fourth-order valence-corrected chi connectivity index (χ4v) is 2.78. The third-order valence-electron chi connectivity index (χ3n) is 2.65. The second kappa shape index (κ2) is 8.06. The number of nitrogens with one attached hydrogen (secondary N) is 1. The van der Waals surface area contributed by atoms with Crippen LogP contribution in [0.2, 0.25) is 0 Å². The Morgan fingerprint density at radius 1 is 1.48 bits per heavy atom. The predicted octanol–water partition coefficient (Wildman–Crippen LogP) is 1.33. The number of aliphatic hydroxyl groups excluding tert-OH is 1. The molecule has 0 aliphatic heterocycles. The van der Waals surface area contributed by atoms with Crippen LogP contribution in [-0.4, -0.2) is 44.1 Å². The Hall–Kier alpha value is -1.51. The molecule has 0 aromatic carbocycles. The molecule has 0 radical (unpaired) electrons. The Balaban J connectivity index is 1.87. The average molecular weight is 324 g/mol. The molecule has 0 saturated heterocycles. The Labute approximate surface area is 131 Å². The van der Waals surface area contributed by atoms with E-state index >= 15 is 0 Å². The van der Waals surface area contributed by atoms with Gasteiger partial charge < -0.3 is 10.4 Å². The zero-order valence-electron chi connectivity index (χ0n) is 11.5. The maximum atomic E-state index is 11.7. The fourth-order valence-electron chi connectivity index (χ4n) is 1.56. The number of carbonyl (C=O) groups excluding carboxylic acids is 1. The monoisotopic (exact) mass is 324 g/mol. The van der Waals surface area contributed by atoms with Crippen molar-refractivity contribution in [1.29, 1.82) is 0 Å². The summed E-state index contributed by atoms with van der Waals surface area (Å²) >= 11 is 3.02. The molecule has 2 rings (SSSR count). The third kappa shape index (κ3) is 4.76. The van der Waals surface area contributed by atoms with Gasteiger partial charge in [0.15, 0.2) is 10.8 Å². The van der Waals surface area contributed by atoms with Crippen LogP contribution in [0, 0.1) is 0 Å². The average Bonchev–Trinajstić information content (AvgIpc) is 3.00. The van der Waals surface area contributed by atoms with E-state index in [1.807, 2.05) is 11.6 Å². The first-order chi connectivity index (χ1) is 10.2. The van der Waals surface area contributed by atoms with Gasteiger partial charge in [-0.05, 0) is 24.5 Å². The van der Waals surface area contributed by atoms with Crippen molar-refractivity contribution in [1.82, 2.24) is 20.3 Å². The standard InChI is InChI=1S/C13H16N4O2S2/c1-20-6-3-10(18)12(19)16-7-9-8-21-13(17-9)11-14-4-2-5-15-11/h2,4-5,8,10,18H,3,6-7H2,1H3,(H,16,19). The van der Waals surface area contributed by atoms with Crippen LogP contribution in [0.4, 0.5) is 0 Å². The molecule has 6 nitrogen and oxygen atoms in total. The molecular formula is C13H16N4O2S2. The van der Waals surface area contributed by atoms with Crippen molar-refractivity contribution in [2.75, 3.05) is 12.0 Å². The van der Waals surface area contributed by atoms with Gasteiger partial charge in [-0.25, -0.2) is 15.0 Å².